The molecule has 1 rings (SSSR count). The molecule has 1 unspecified atom stereocenters. The molecule has 1 atom stereocenters. The second-order valence-electron chi connectivity index (χ2n) is 4.23. The monoisotopic (exact) mass is 319 g/mol. The number of amides is 1. The molecule has 0 aromatic heterocycles. The molecule has 110 valence electrons. The third kappa shape index (κ3) is 4.67. The summed E-state index contributed by atoms with van der Waals surface area (Å²) in [6, 6.07) is 4.77. The molecule has 0 aliphatic heterocycles. The lowest BCUT2D eigenvalue weighted by molar-refractivity contribution is -0.146. The topological polar surface area (TPSA) is 66.8 Å². The Morgan fingerprint density at radius 3 is 2.55 bits per heavy atom. The first-order valence-electron chi connectivity index (χ1n) is 5.83. The zero-order chi connectivity index (χ0) is 15.3. The number of carbonyl (C=O) groups is 2. The molecule has 1 aromatic rings. The Morgan fingerprint density at radius 1 is 1.35 bits per heavy atom. The van der Waals surface area contributed by atoms with Crippen molar-refractivity contribution in [3.05, 3.63) is 33.8 Å². The van der Waals surface area contributed by atoms with E-state index in [1.54, 1.807) is 25.2 Å². The molecule has 1 aromatic carbocycles. The van der Waals surface area contributed by atoms with Crippen molar-refractivity contribution >= 4 is 35.1 Å². The van der Waals surface area contributed by atoms with E-state index in [1.807, 2.05) is 6.92 Å². The fourth-order valence-corrected chi connectivity index (χ4v) is 2.16. The number of carbonyl (C=O) groups excluding carboxylic acids is 1. The van der Waals surface area contributed by atoms with Crippen LogP contribution in [-0.4, -0.2) is 42.1 Å². The zero-order valence-electron chi connectivity index (χ0n) is 11.1. The third-order valence-electron chi connectivity index (χ3n) is 2.84. The number of hydrogen-bond donors (Lipinski definition) is 1. The summed E-state index contributed by atoms with van der Waals surface area (Å²) in [5.41, 5.74) is 0.755. The minimum absolute atomic E-state index is 0.277. The number of likely N-dealkylation sites (N-methyl/N-ethyl adjacent to an activating group) is 1. The number of ether oxygens (including phenoxy) is 1. The van der Waals surface area contributed by atoms with Crippen LogP contribution in [0.5, 0.6) is 0 Å². The van der Waals surface area contributed by atoms with Gasteiger partial charge in [0.15, 0.2) is 0 Å². The predicted octanol–water partition coefficient (Wildman–Crippen LogP) is 2.61. The van der Waals surface area contributed by atoms with Gasteiger partial charge in [-0.05, 0) is 24.6 Å². The average molecular weight is 320 g/mol. The van der Waals surface area contributed by atoms with Gasteiger partial charge in [0.2, 0.25) is 5.91 Å². The summed E-state index contributed by atoms with van der Waals surface area (Å²) < 4.78 is 4.77. The normalized spacial score (nSPS) is 12.0. The van der Waals surface area contributed by atoms with Gasteiger partial charge in [0.1, 0.15) is 13.2 Å². The Kier molecular flexibility index (Phi) is 6.26. The number of nitrogens with zero attached hydrogens (tertiary/aromatic N) is 1. The molecular weight excluding hydrogens is 305 g/mol. The van der Waals surface area contributed by atoms with Crippen LogP contribution in [0.25, 0.3) is 0 Å². The van der Waals surface area contributed by atoms with E-state index in [-0.39, 0.29) is 18.6 Å². The predicted molar refractivity (Wildman–Crippen MR) is 76.1 cm³/mol. The maximum absolute atomic E-state index is 11.9. The minimum Gasteiger partial charge on any atom is -0.480 e. The second kappa shape index (κ2) is 7.47. The highest BCUT2D eigenvalue weighted by atomic mass is 35.5. The summed E-state index contributed by atoms with van der Waals surface area (Å²) in [6.07, 6.45) is 0. The van der Waals surface area contributed by atoms with Crippen molar-refractivity contribution in [3.8, 4) is 0 Å². The van der Waals surface area contributed by atoms with E-state index in [0.717, 1.165) is 5.56 Å². The van der Waals surface area contributed by atoms with Gasteiger partial charge in [-0.25, -0.2) is 4.79 Å². The molecule has 0 spiro atoms. The van der Waals surface area contributed by atoms with Crippen LogP contribution in [0.4, 0.5) is 0 Å². The van der Waals surface area contributed by atoms with Crippen molar-refractivity contribution in [1.82, 2.24) is 4.90 Å². The molecule has 0 bridgehead atoms. The fraction of sp³-hybridized carbons (Fsp3) is 0.385. The van der Waals surface area contributed by atoms with Crippen molar-refractivity contribution in [2.75, 3.05) is 20.3 Å². The summed E-state index contributed by atoms with van der Waals surface area (Å²) >= 11 is 11.9. The molecule has 0 radical (unpaired) electrons. The Balaban J connectivity index is 2.68. The van der Waals surface area contributed by atoms with Crippen molar-refractivity contribution in [3.63, 3.8) is 0 Å². The van der Waals surface area contributed by atoms with E-state index in [9.17, 15) is 9.59 Å². The van der Waals surface area contributed by atoms with Crippen LogP contribution < -0.4 is 0 Å². The van der Waals surface area contributed by atoms with Crippen LogP contribution in [0, 0.1) is 0 Å². The maximum atomic E-state index is 11.9. The van der Waals surface area contributed by atoms with Crippen LogP contribution >= 0.6 is 23.2 Å². The maximum Gasteiger partial charge on any atom is 0.329 e. The van der Waals surface area contributed by atoms with Crippen LogP contribution in [0.3, 0.4) is 0 Å². The number of halogens is 2. The van der Waals surface area contributed by atoms with Crippen LogP contribution in [-0.2, 0) is 14.3 Å². The first-order valence-corrected chi connectivity index (χ1v) is 6.58. The van der Waals surface area contributed by atoms with E-state index in [0.29, 0.717) is 10.0 Å². The first kappa shape index (κ1) is 16.8. The molecule has 1 amide bonds. The minimum atomic E-state index is -1.12. The molecule has 0 heterocycles. The second-order valence-corrected chi connectivity index (χ2v) is 5.08. The number of rotatable bonds is 6. The lowest BCUT2D eigenvalue weighted by atomic mass is 10.1. The molecule has 7 heteroatoms. The van der Waals surface area contributed by atoms with E-state index in [4.69, 9.17) is 33.0 Å². The lowest BCUT2D eigenvalue weighted by Crippen LogP contribution is -2.33. The van der Waals surface area contributed by atoms with Crippen LogP contribution in [0.1, 0.15) is 18.5 Å². The van der Waals surface area contributed by atoms with E-state index >= 15 is 0 Å². The highest BCUT2D eigenvalue weighted by Crippen LogP contribution is 2.29. The highest BCUT2D eigenvalue weighted by molar-refractivity contribution is 6.35. The Labute approximate surface area is 127 Å². The molecule has 5 nitrogen and oxygen atoms in total. The molecular formula is C13H15Cl2NO4. The van der Waals surface area contributed by atoms with Gasteiger partial charge in [-0.15, -0.1) is 0 Å². The third-order valence-corrected chi connectivity index (χ3v) is 3.40. The van der Waals surface area contributed by atoms with Gasteiger partial charge in [-0.3, -0.25) is 4.79 Å². The smallest absolute Gasteiger partial charge is 0.329 e. The van der Waals surface area contributed by atoms with Crippen molar-refractivity contribution < 1.29 is 19.4 Å². The van der Waals surface area contributed by atoms with Gasteiger partial charge in [0.05, 0.1) is 6.04 Å². The standard InChI is InChI=1S/C13H15Cl2NO4/c1-8(10-4-3-9(14)5-11(10)15)16(2)12(17)6-20-7-13(18)19/h3-5,8H,6-7H2,1-2H3,(H,18,19). The van der Waals surface area contributed by atoms with Gasteiger partial charge in [-0.2, -0.15) is 0 Å². The summed E-state index contributed by atoms with van der Waals surface area (Å²) in [5, 5.41) is 9.42. The van der Waals surface area contributed by atoms with Gasteiger partial charge in [0.25, 0.3) is 0 Å². The van der Waals surface area contributed by atoms with Gasteiger partial charge in [-0.1, -0.05) is 29.3 Å². The molecule has 0 aliphatic carbocycles. The number of hydrogen-bond acceptors (Lipinski definition) is 3. The van der Waals surface area contributed by atoms with Crippen molar-refractivity contribution in [2.24, 2.45) is 0 Å². The number of benzene rings is 1. The average Bonchev–Trinajstić information content (AvgIpc) is 2.36. The molecule has 20 heavy (non-hydrogen) atoms. The van der Waals surface area contributed by atoms with Gasteiger partial charge >= 0.3 is 5.97 Å². The lowest BCUT2D eigenvalue weighted by Gasteiger charge is -2.26. The van der Waals surface area contributed by atoms with Gasteiger partial charge in [0, 0.05) is 17.1 Å². The van der Waals surface area contributed by atoms with Crippen molar-refractivity contribution in [2.45, 2.75) is 13.0 Å². The number of aliphatic carboxylic acids is 1. The molecule has 0 fully saturated rings. The summed E-state index contributed by atoms with van der Waals surface area (Å²) in [6.45, 7) is 1.01. The molecule has 0 saturated carbocycles. The Morgan fingerprint density at radius 2 is 2.00 bits per heavy atom. The van der Waals surface area contributed by atoms with Crippen molar-refractivity contribution in [1.29, 1.82) is 0 Å². The number of carboxylic acid groups (broad SMARTS) is 1. The Hall–Kier alpha value is -1.30. The Bertz CT molecular complexity index is 507. The summed E-state index contributed by atoms with van der Waals surface area (Å²) in [7, 11) is 1.60. The van der Waals surface area contributed by atoms with E-state index in [1.165, 1.54) is 4.90 Å². The highest BCUT2D eigenvalue weighted by Gasteiger charge is 2.19. The summed E-state index contributed by atoms with van der Waals surface area (Å²) in [4.78, 5) is 23.6. The molecule has 1 N–H and O–H groups in total. The molecule has 0 aliphatic rings. The van der Waals surface area contributed by atoms with Crippen LogP contribution in [0.15, 0.2) is 18.2 Å². The van der Waals surface area contributed by atoms with E-state index < -0.39 is 12.6 Å². The SMILES string of the molecule is CC(c1ccc(Cl)cc1Cl)N(C)C(=O)COCC(=O)O. The molecule has 0 saturated heterocycles. The summed E-state index contributed by atoms with van der Waals surface area (Å²) in [5.74, 6) is -1.45. The van der Waals surface area contributed by atoms with Gasteiger partial charge < -0.3 is 14.7 Å². The first-order chi connectivity index (χ1) is 9.32. The fourth-order valence-electron chi connectivity index (χ4n) is 1.59. The van der Waals surface area contributed by atoms with Crippen LogP contribution in [0.2, 0.25) is 10.0 Å². The van der Waals surface area contributed by atoms with E-state index in [2.05, 4.69) is 0 Å². The largest absolute Gasteiger partial charge is 0.480 e. The number of carboxylic acids is 1. The zero-order valence-corrected chi connectivity index (χ0v) is 12.6. The quantitative estimate of drug-likeness (QED) is 0.875.